The van der Waals surface area contributed by atoms with E-state index >= 15 is 0 Å². The van der Waals surface area contributed by atoms with Crippen molar-refractivity contribution in [2.75, 3.05) is 33.3 Å². The third-order valence-corrected chi connectivity index (χ3v) is 5.38. The molecule has 0 atom stereocenters. The molecule has 0 N–H and O–H groups in total. The molecule has 0 aromatic heterocycles. The Morgan fingerprint density at radius 3 is 2.28 bits per heavy atom. The van der Waals surface area contributed by atoms with Crippen LogP contribution >= 0.6 is 0 Å². The van der Waals surface area contributed by atoms with Gasteiger partial charge in [-0.2, -0.15) is 0 Å². The lowest BCUT2D eigenvalue weighted by atomic mass is 10.1. The van der Waals surface area contributed by atoms with Crippen LogP contribution in [0.4, 0.5) is 0 Å². The first-order valence-corrected chi connectivity index (χ1v) is 9.37. The van der Waals surface area contributed by atoms with Crippen LogP contribution in [0.3, 0.4) is 0 Å². The third kappa shape index (κ3) is 4.53. The molecule has 1 aromatic rings. The van der Waals surface area contributed by atoms with Crippen molar-refractivity contribution in [1.82, 2.24) is 9.80 Å². The van der Waals surface area contributed by atoms with Gasteiger partial charge in [-0.15, -0.1) is 0 Å². The predicted octanol–water partition coefficient (Wildman–Crippen LogP) is 2.49. The molecule has 1 aliphatic heterocycles. The summed E-state index contributed by atoms with van der Waals surface area (Å²) in [7, 11) is 1.63. The Balaban J connectivity index is 1.52. The fourth-order valence-corrected chi connectivity index (χ4v) is 3.85. The molecule has 1 saturated carbocycles. The SMILES string of the molecule is COc1ccc(CC(=O)N2CCCN(C(=O)C3CCCC3)CC2)cc1. The fourth-order valence-electron chi connectivity index (χ4n) is 3.85. The zero-order valence-corrected chi connectivity index (χ0v) is 15.1. The van der Waals surface area contributed by atoms with Crippen molar-refractivity contribution < 1.29 is 14.3 Å². The number of benzene rings is 1. The Bertz CT molecular complexity index is 593. The Kier molecular flexibility index (Phi) is 5.95. The molecule has 2 amide bonds. The summed E-state index contributed by atoms with van der Waals surface area (Å²) in [5.74, 6) is 1.47. The normalized spacial score (nSPS) is 18.9. The number of ether oxygens (including phenoxy) is 1. The summed E-state index contributed by atoms with van der Waals surface area (Å²) < 4.78 is 5.15. The van der Waals surface area contributed by atoms with Crippen LogP contribution in [-0.4, -0.2) is 54.9 Å². The predicted molar refractivity (Wildman–Crippen MR) is 96.4 cm³/mol. The first-order valence-electron chi connectivity index (χ1n) is 9.37. The van der Waals surface area contributed by atoms with E-state index in [9.17, 15) is 9.59 Å². The van der Waals surface area contributed by atoms with E-state index in [0.29, 0.717) is 25.4 Å². The van der Waals surface area contributed by atoms with Gasteiger partial charge in [-0.05, 0) is 37.0 Å². The highest BCUT2D eigenvalue weighted by Gasteiger charge is 2.29. The van der Waals surface area contributed by atoms with Gasteiger partial charge in [-0.25, -0.2) is 0 Å². The summed E-state index contributed by atoms with van der Waals surface area (Å²) in [5.41, 5.74) is 0.994. The minimum atomic E-state index is 0.139. The minimum absolute atomic E-state index is 0.139. The molecule has 3 rings (SSSR count). The molecule has 5 nitrogen and oxygen atoms in total. The average molecular weight is 344 g/mol. The summed E-state index contributed by atoms with van der Waals surface area (Å²) in [4.78, 5) is 29.1. The second kappa shape index (κ2) is 8.37. The van der Waals surface area contributed by atoms with Gasteiger partial charge in [0.2, 0.25) is 11.8 Å². The van der Waals surface area contributed by atoms with Crippen molar-refractivity contribution in [3.8, 4) is 5.75 Å². The van der Waals surface area contributed by atoms with Crippen molar-refractivity contribution in [1.29, 1.82) is 0 Å². The van der Waals surface area contributed by atoms with E-state index in [0.717, 1.165) is 43.7 Å². The molecule has 5 heteroatoms. The third-order valence-electron chi connectivity index (χ3n) is 5.38. The summed E-state index contributed by atoms with van der Waals surface area (Å²) in [6.07, 6.45) is 5.70. The molecule has 2 fully saturated rings. The zero-order chi connectivity index (χ0) is 17.6. The Labute approximate surface area is 149 Å². The fraction of sp³-hybridized carbons (Fsp3) is 0.600. The zero-order valence-electron chi connectivity index (χ0n) is 15.1. The topological polar surface area (TPSA) is 49.9 Å². The van der Waals surface area contributed by atoms with Gasteiger partial charge < -0.3 is 14.5 Å². The number of amides is 2. The van der Waals surface area contributed by atoms with E-state index in [1.165, 1.54) is 12.8 Å². The molecule has 1 heterocycles. The van der Waals surface area contributed by atoms with Crippen LogP contribution < -0.4 is 4.74 Å². The highest BCUT2D eigenvalue weighted by atomic mass is 16.5. The highest BCUT2D eigenvalue weighted by molar-refractivity contribution is 5.80. The number of nitrogens with zero attached hydrogens (tertiary/aromatic N) is 2. The minimum Gasteiger partial charge on any atom is -0.497 e. The largest absolute Gasteiger partial charge is 0.497 e. The molecule has 1 aliphatic carbocycles. The van der Waals surface area contributed by atoms with Gasteiger partial charge in [0.1, 0.15) is 5.75 Å². The van der Waals surface area contributed by atoms with Crippen LogP contribution in [0.25, 0.3) is 0 Å². The van der Waals surface area contributed by atoms with Gasteiger partial charge in [0.25, 0.3) is 0 Å². The molecule has 25 heavy (non-hydrogen) atoms. The summed E-state index contributed by atoms with van der Waals surface area (Å²) in [6, 6.07) is 7.63. The van der Waals surface area contributed by atoms with Gasteiger partial charge in [-0.3, -0.25) is 9.59 Å². The van der Waals surface area contributed by atoms with Crippen LogP contribution in [-0.2, 0) is 16.0 Å². The van der Waals surface area contributed by atoms with E-state index < -0.39 is 0 Å². The maximum atomic E-state index is 12.6. The van der Waals surface area contributed by atoms with Gasteiger partial charge >= 0.3 is 0 Å². The molecule has 0 spiro atoms. The molecule has 1 aromatic carbocycles. The van der Waals surface area contributed by atoms with Crippen LogP contribution in [0.1, 0.15) is 37.7 Å². The summed E-state index contributed by atoms with van der Waals surface area (Å²) in [5, 5.41) is 0. The average Bonchev–Trinajstić information content (AvgIpc) is 3.06. The summed E-state index contributed by atoms with van der Waals surface area (Å²) >= 11 is 0. The van der Waals surface area contributed by atoms with Crippen LogP contribution in [0.15, 0.2) is 24.3 Å². The van der Waals surface area contributed by atoms with E-state index in [-0.39, 0.29) is 11.8 Å². The van der Waals surface area contributed by atoms with E-state index in [1.54, 1.807) is 7.11 Å². The second-order valence-corrected chi connectivity index (χ2v) is 7.07. The maximum Gasteiger partial charge on any atom is 0.227 e. The molecule has 136 valence electrons. The van der Waals surface area contributed by atoms with Gasteiger partial charge in [-0.1, -0.05) is 25.0 Å². The first-order chi connectivity index (χ1) is 12.2. The number of rotatable bonds is 4. The molecule has 2 aliphatic rings. The van der Waals surface area contributed by atoms with Crippen LogP contribution in [0.5, 0.6) is 5.75 Å². The van der Waals surface area contributed by atoms with Gasteiger partial charge in [0, 0.05) is 32.1 Å². The number of hydrogen-bond donors (Lipinski definition) is 0. The number of carbonyl (C=O) groups excluding carboxylic acids is 2. The number of methoxy groups -OCH3 is 1. The monoisotopic (exact) mass is 344 g/mol. The maximum absolute atomic E-state index is 12.6. The first kappa shape index (κ1) is 17.8. The summed E-state index contributed by atoms with van der Waals surface area (Å²) in [6.45, 7) is 2.84. The van der Waals surface area contributed by atoms with Crippen molar-refractivity contribution in [3.05, 3.63) is 29.8 Å². The van der Waals surface area contributed by atoms with Gasteiger partial charge in [0.05, 0.1) is 13.5 Å². The molecular weight excluding hydrogens is 316 g/mol. The smallest absolute Gasteiger partial charge is 0.227 e. The standard InChI is InChI=1S/C20H28N2O3/c1-25-18-9-7-16(8-10-18)15-19(23)21-11-4-12-22(14-13-21)20(24)17-5-2-3-6-17/h7-10,17H,2-6,11-15H2,1H3. The number of hydrogen-bond acceptors (Lipinski definition) is 3. The van der Waals surface area contributed by atoms with E-state index in [2.05, 4.69) is 0 Å². The lowest BCUT2D eigenvalue weighted by Gasteiger charge is -2.24. The molecule has 0 radical (unpaired) electrons. The Morgan fingerprint density at radius 1 is 0.960 bits per heavy atom. The van der Waals surface area contributed by atoms with Crippen molar-refractivity contribution in [3.63, 3.8) is 0 Å². The molecule has 1 saturated heterocycles. The van der Waals surface area contributed by atoms with Crippen molar-refractivity contribution >= 4 is 11.8 Å². The second-order valence-electron chi connectivity index (χ2n) is 7.07. The van der Waals surface area contributed by atoms with Crippen LogP contribution in [0, 0.1) is 5.92 Å². The lowest BCUT2D eigenvalue weighted by molar-refractivity contribution is -0.136. The highest BCUT2D eigenvalue weighted by Crippen LogP contribution is 2.27. The van der Waals surface area contributed by atoms with E-state index in [4.69, 9.17) is 4.74 Å². The lowest BCUT2D eigenvalue weighted by Crippen LogP contribution is -2.39. The molecule has 0 bridgehead atoms. The molecule has 0 unspecified atom stereocenters. The Hall–Kier alpha value is -2.04. The van der Waals surface area contributed by atoms with Crippen molar-refractivity contribution in [2.45, 2.75) is 38.5 Å². The Morgan fingerprint density at radius 2 is 1.60 bits per heavy atom. The quantitative estimate of drug-likeness (QED) is 0.843. The van der Waals surface area contributed by atoms with E-state index in [1.807, 2.05) is 34.1 Å². The van der Waals surface area contributed by atoms with Gasteiger partial charge in [0.15, 0.2) is 0 Å². The molecular formula is C20H28N2O3. The van der Waals surface area contributed by atoms with Crippen LogP contribution in [0.2, 0.25) is 0 Å². The van der Waals surface area contributed by atoms with Crippen molar-refractivity contribution in [2.24, 2.45) is 5.92 Å². The number of carbonyl (C=O) groups is 2.